The van der Waals surface area contributed by atoms with Crippen LogP contribution in [0, 0.1) is 28.6 Å². The summed E-state index contributed by atoms with van der Waals surface area (Å²) in [5.74, 6) is -0.537. The van der Waals surface area contributed by atoms with Gasteiger partial charge in [-0.15, -0.1) is 0 Å². The summed E-state index contributed by atoms with van der Waals surface area (Å²) in [5, 5.41) is 23.4. The second kappa shape index (κ2) is 6.67. The first-order valence-corrected chi connectivity index (χ1v) is 8.18. The Morgan fingerprint density at radius 2 is 2.08 bits per heavy atom. The molecule has 0 aliphatic carbocycles. The standard InChI is InChI=1S/C15H9BrClFN8/c16-9-7(17)2-1-5(10(9)18)12-8-11(21)6(3-19)13(22)25-14(8)26-15(24-12)23-4-20/h1-2,12H,(H6,21,22,23,24,25,26). The van der Waals surface area contributed by atoms with Crippen molar-refractivity contribution in [3.8, 4) is 12.3 Å². The predicted octanol–water partition coefficient (Wildman–Crippen LogP) is 2.61. The average molecular weight is 436 g/mol. The number of nitriles is 2. The molecule has 6 N–H and O–H groups in total. The highest BCUT2D eigenvalue weighted by Gasteiger charge is 2.32. The second-order valence-electron chi connectivity index (χ2n) is 5.17. The number of guanidine groups is 1. The van der Waals surface area contributed by atoms with Crippen LogP contribution in [0.25, 0.3) is 0 Å². The average Bonchev–Trinajstić information content (AvgIpc) is 2.59. The summed E-state index contributed by atoms with van der Waals surface area (Å²) < 4.78 is 14.8. The van der Waals surface area contributed by atoms with Crippen molar-refractivity contribution < 1.29 is 4.39 Å². The van der Waals surface area contributed by atoms with Crippen molar-refractivity contribution in [2.45, 2.75) is 6.04 Å². The molecule has 0 spiro atoms. The van der Waals surface area contributed by atoms with E-state index in [9.17, 15) is 9.65 Å². The van der Waals surface area contributed by atoms with Crippen LogP contribution in [0.3, 0.4) is 0 Å². The molecule has 0 fully saturated rings. The third-order valence-corrected chi connectivity index (χ3v) is 5.04. The molecular weight excluding hydrogens is 427 g/mol. The Labute approximate surface area is 160 Å². The van der Waals surface area contributed by atoms with Gasteiger partial charge in [0.15, 0.2) is 6.19 Å². The van der Waals surface area contributed by atoms with E-state index in [1.54, 1.807) is 6.19 Å². The Kier molecular flexibility index (Phi) is 4.55. The number of benzene rings is 1. The number of aromatic nitrogens is 1. The molecule has 8 nitrogen and oxygen atoms in total. The molecule has 0 saturated heterocycles. The molecule has 1 aliphatic rings. The number of nitrogens with zero attached hydrogens (tertiary/aromatic N) is 4. The lowest BCUT2D eigenvalue weighted by Gasteiger charge is -2.26. The minimum absolute atomic E-state index is 0.0257. The van der Waals surface area contributed by atoms with Crippen molar-refractivity contribution in [1.82, 2.24) is 10.3 Å². The maximum absolute atomic E-state index is 14.8. The third-order valence-electron chi connectivity index (χ3n) is 3.72. The molecule has 1 aromatic carbocycles. The molecule has 1 aliphatic heterocycles. The lowest BCUT2D eigenvalue weighted by molar-refractivity contribution is 0.593. The largest absolute Gasteiger partial charge is 0.397 e. The predicted molar refractivity (Wildman–Crippen MR) is 98.5 cm³/mol. The topological polar surface area (TPSA) is 149 Å². The molecule has 0 bridgehead atoms. The molecule has 1 atom stereocenters. The van der Waals surface area contributed by atoms with Crippen molar-refractivity contribution >= 4 is 50.8 Å². The maximum Gasteiger partial charge on any atom is 0.211 e. The number of nitrogens with one attached hydrogen (secondary N) is 2. The van der Waals surface area contributed by atoms with Crippen molar-refractivity contribution in [3.05, 3.63) is 44.1 Å². The van der Waals surface area contributed by atoms with Crippen LogP contribution < -0.4 is 22.1 Å². The van der Waals surface area contributed by atoms with Crippen molar-refractivity contribution in [3.63, 3.8) is 0 Å². The number of nitrogens with two attached hydrogens (primary N) is 2. The Morgan fingerprint density at radius 1 is 1.35 bits per heavy atom. The summed E-state index contributed by atoms with van der Waals surface area (Å²) in [6.45, 7) is 0. The number of halogens is 3. The van der Waals surface area contributed by atoms with Crippen molar-refractivity contribution in [2.24, 2.45) is 4.99 Å². The summed E-state index contributed by atoms with van der Waals surface area (Å²) in [6, 6.07) is 3.83. The zero-order valence-electron chi connectivity index (χ0n) is 12.8. The zero-order valence-corrected chi connectivity index (χ0v) is 15.2. The van der Waals surface area contributed by atoms with Gasteiger partial charge in [0.2, 0.25) is 5.96 Å². The second-order valence-corrected chi connectivity index (χ2v) is 6.37. The van der Waals surface area contributed by atoms with Gasteiger partial charge in [-0.25, -0.2) is 14.4 Å². The quantitative estimate of drug-likeness (QED) is 0.305. The van der Waals surface area contributed by atoms with E-state index < -0.39 is 11.9 Å². The van der Waals surface area contributed by atoms with Crippen LogP contribution in [-0.2, 0) is 0 Å². The van der Waals surface area contributed by atoms with Crippen LogP contribution in [0.5, 0.6) is 0 Å². The van der Waals surface area contributed by atoms with Gasteiger partial charge >= 0.3 is 0 Å². The van der Waals surface area contributed by atoms with E-state index in [-0.39, 0.29) is 49.5 Å². The Hall–Kier alpha value is -3.08. The number of anilines is 3. The van der Waals surface area contributed by atoms with E-state index in [0.717, 1.165) is 0 Å². The molecule has 0 radical (unpaired) electrons. The van der Waals surface area contributed by atoms with Crippen LogP contribution >= 0.6 is 27.5 Å². The molecule has 0 amide bonds. The van der Waals surface area contributed by atoms with Crippen LogP contribution in [0.15, 0.2) is 21.6 Å². The number of hydrogen-bond acceptors (Lipinski definition) is 8. The number of nitrogen functional groups attached to an aromatic ring is 2. The Balaban J connectivity index is 2.31. The molecule has 0 saturated carbocycles. The third kappa shape index (κ3) is 2.75. The highest BCUT2D eigenvalue weighted by molar-refractivity contribution is 9.10. The summed E-state index contributed by atoms with van der Waals surface area (Å²) in [4.78, 5) is 8.38. The molecule has 11 heteroatoms. The number of hydrogen-bond donors (Lipinski definition) is 4. The van der Waals surface area contributed by atoms with Gasteiger partial charge in [-0.1, -0.05) is 17.7 Å². The monoisotopic (exact) mass is 434 g/mol. The fourth-order valence-corrected chi connectivity index (χ4v) is 3.07. The van der Waals surface area contributed by atoms with E-state index in [0.29, 0.717) is 0 Å². The number of pyridine rings is 1. The Bertz CT molecular complexity index is 1040. The molecule has 3 rings (SSSR count). The smallest absolute Gasteiger partial charge is 0.211 e. The molecule has 1 unspecified atom stereocenters. The zero-order chi connectivity index (χ0) is 19.0. The highest BCUT2D eigenvalue weighted by atomic mass is 79.9. The molecule has 2 heterocycles. The lowest BCUT2D eigenvalue weighted by Crippen LogP contribution is -2.33. The van der Waals surface area contributed by atoms with Gasteiger partial charge in [0, 0.05) is 11.1 Å². The minimum atomic E-state index is -0.976. The fraction of sp³-hybridized carbons (Fsp3) is 0.0667. The van der Waals surface area contributed by atoms with E-state index in [2.05, 4.69) is 36.5 Å². The van der Waals surface area contributed by atoms with E-state index in [1.807, 2.05) is 6.07 Å². The molecular formula is C15H9BrClFN8. The van der Waals surface area contributed by atoms with Crippen LogP contribution in [0.1, 0.15) is 22.7 Å². The molecule has 1 aromatic heterocycles. The first-order chi connectivity index (χ1) is 12.4. The van der Waals surface area contributed by atoms with E-state index in [1.165, 1.54) is 12.1 Å². The van der Waals surface area contributed by atoms with Gasteiger partial charge in [0.25, 0.3) is 0 Å². The van der Waals surface area contributed by atoms with Gasteiger partial charge < -0.3 is 16.8 Å². The first kappa shape index (κ1) is 17.7. The van der Waals surface area contributed by atoms with Gasteiger partial charge in [-0.05, 0) is 22.0 Å². The highest BCUT2D eigenvalue weighted by Crippen LogP contribution is 2.42. The van der Waals surface area contributed by atoms with E-state index >= 15 is 0 Å². The van der Waals surface area contributed by atoms with Crippen molar-refractivity contribution in [2.75, 3.05) is 16.8 Å². The number of fused-ring (bicyclic) bond motifs is 1. The fourth-order valence-electron chi connectivity index (χ4n) is 2.56. The van der Waals surface area contributed by atoms with Crippen LogP contribution in [0.2, 0.25) is 5.02 Å². The van der Waals surface area contributed by atoms with Gasteiger partial charge in [0.05, 0.1) is 15.2 Å². The van der Waals surface area contributed by atoms with Gasteiger partial charge in [-0.2, -0.15) is 10.5 Å². The summed E-state index contributed by atoms with van der Waals surface area (Å²) >= 11 is 9.00. The van der Waals surface area contributed by atoms with E-state index in [4.69, 9.17) is 28.3 Å². The normalized spacial score (nSPS) is 15.1. The molecule has 2 aromatic rings. The Morgan fingerprint density at radius 3 is 2.73 bits per heavy atom. The first-order valence-electron chi connectivity index (χ1n) is 7.01. The van der Waals surface area contributed by atoms with Crippen molar-refractivity contribution in [1.29, 1.82) is 10.5 Å². The molecule has 130 valence electrons. The lowest BCUT2D eigenvalue weighted by atomic mass is 9.95. The summed E-state index contributed by atoms with van der Waals surface area (Å²) in [7, 11) is 0. The number of aliphatic imine (C=N–C) groups is 1. The summed E-state index contributed by atoms with van der Waals surface area (Å²) in [6.07, 6.45) is 1.72. The van der Waals surface area contributed by atoms with Crippen LogP contribution in [-0.4, -0.2) is 10.9 Å². The van der Waals surface area contributed by atoms with Gasteiger partial charge in [0.1, 0.15) is 35.1 Å². The number of rotatable bonds is 1. The minimum Gasteiger partial charge on any atom is -0.397 e. The van der Waals surface area contributed by atoms with Crippen LogP contribution in [0.4, 0.5) is 21.7 Å². The SMILES string of the molecule is N#CNC1=NC(c2ccc(Cl)c(Br)c2F)c2c(nc(N)c(C#N)c2N)N1. The summed E-state index contributed by atoms with van der Waals surface area (Å²) in [5.41, 5.74) is 12.2. The molecule has 26 heavy (non-hydrogen) atoms. The maximum atomic E-state index is 14.8. The van der Waals surface area contributed by atoms with Gasteiger partial charge in [-0.3, -0.25) is 5.32 Å².